The zero-order valence-electron chi connectivity index (χ0n) is 31.8. The number of rotatable bonds is 23. The fourth-order valence-corrected chi connectivity index (χ4v) is 9.82. The van der Waals surface area contributed by atoms with Gasteiger partial charge in [-0.05, 0) is 78.9 Å². The molecule has 0 amide bonds. The zero-order chi connectivity index (χ0) is 37.7. The van der Waals surface area contributed by atoms with Crippen molar-refractivity contribution < 1.29 is 47.0 Å². The Bertz CT molecular complexity index is 1510. The molecule has 1 N–H and O–H groups in total. The predicted molar refractivity (Wildman–Crippen MR) is 199 cm³/mol. The number of esters is 3. The summed E-state index contributed by atoms with van der Waals surface area (Å²) in [7, 11) is -1.59. The van der Waals surface area contributed by atoms with E-state index < -0.39 is 49.5 Å². The minimum atomic E-state index is -2.95. The van der Waals surface area contributed by atoms with Crippen LogP contribution in [0, 0.1) is 16.7 Å². The zero-order valence-corrected chi connectivity index (χ0v) is 32.8. The topological polar surface area (TPSA) is 132 Å². The molecule has 0 aliphatic carbocycles. The first-order valence-corrected chi connectivity index (χ1v) is 20.2. The summed E-state index contributed by atoms with van der Waals surface area (Å²) in [5.41, 5.74) is -0.240. The van der Waals surface area contributed by atoms with Crippen LogP contribution in [0.1, 0.15) is 86.6 Å². The maximum Gasteiger partial charge on any atom is 0.501 e. The quantitative estimate of drug-likeness (QED) is 0.0461. The third-order valence-corrected chi connectivity index (χ3v) is 12.9. The van der Waals surface area contributed by atoms with Gasteiger partial charge in [-0.2, -0.15) is 0 Å². The predicted octanol–water partition coefficient (Wildman–Crippen LogP) is 7.25. The van der Waals surface area contributed by atoms with Gasteiger partial charge < -0.3 is 37.2 Å². The second-order valence-corrected chi connectivity index (χ2v) is 16.4. The van der Waals surface area contributed by atoms with Crippen molar-refractivity contribution in [3.63, 3.8) is 0 Å². The van der Waals surface area contributed by atoms with Crippen LogP contribution in [-0.2, 0) is 41.9 Å². The van der Waals surface area contributed by atoms with E-state index in [0.717, 1.165) is 21.8 Å². The van der Waals surface area contributed by atoms with Crippen LogP contribution < -0.4 is 0 Å². The number of aromatic nitrogens is 1. The third-order valence-electron chi connectivity index (χ3n) is 9.72. The van der Waals surface area contributed by atoms with Crippen LogP contribution >= 0.6 is 0 Å². The van der Waals surface area contributed by atoms with Crippen molar-refractivity contribution in [2.45, 2.75) is 92.7 Å². The largest absolute Gasteiger partial charge is 0.501 e. The molecule has 1 heterocycles. The molecule has 12 heteroatoms. The number of benzene rings is 2. The highest BCUT2D eigenvalue weighted by Crippen LogP contribution is 2.46. The van der Waals surface area contributed by atoms with E-state index in [9.17, 15) is 19.5 Å². The lowest BCUT2D eigenvalue weighted by Gasteiger charge is -2.39. The second kappa shape index (κ2) is 19.5. The molecule has 0 aliphatic rings. The minimum Gasteiger partial charge on any atom is -0.469 e. The molecule has 51 heavy (non-hydrogen) atoms. The van der Waals surface area contributed by atoms with E-state index in [-0.39, 0.29) is 32.7 Å². The van der Waals surface area contributed by atoms with E-state index in [0.29, 0.717) is 45.1 Å². The molecule has 2 aromatic carbocycles. The molecule has 0 fully saturated rings. The van der Waals surface area contributed by atoms with Gasteiger partial charge in [0.1, 0.15) is 6.61 Å². The van der Waals surface area contributed by atoms with E-state index in [1.165, 1.54) is 7.11 Å². The number of carbonyl (C=O) groups excluding carboxylic acids is 3. The normalized spacial score (nSPS) is 15.5. The molecular weight excluding hydrogens is 671 g/mol. The minimum absolute atomic E-state index is 0.0960. The first-order valence-electron chi connectivity index (χ1n) is 18.3. The van der Waals surface area contributed by atoms with E-state index in [4.69, 9.17) is 27.5 Å². The molecule has 1 aromatic heterocycles. The van der Waals surface area contributed by atoms with Gasteiger partial charge in [0.25, 0.3) is 0 Å². The number of methoxy groups -OCH3 is 1. The van der Waals surface area contributed by atoms with Gasteiger partial charge >= 0.3 is 26.7 Å². The fourth-order valence-electron chi connectivity index (χ4n) is 7.24. The second-order valence-electron chi connectivity index (χ2n) is 13.7. The van der Waals surface area contributed by atoms with Crippen molar-refractivity contribution in [3.05, 3.63) is 48.5 Å². The molecule has 0 bridgehead atoms. The lowest BCUT2D eigenvalue weighted by Crippen LogP contribution is -2.46. The van der Waals surface area contributed by atoms with Crippen molar-refractivity contribution in [2.24, 2.45) is 16.7 Å². The molecule has 11 nitrogen and oxygen atoms in total. The molecule has 3 aromatic rings. The van der Waals surface area contributed by atoms with Crippen molar-refractivity contribution in [2.75, 3.05) is 46.8 Å². The molecule has 4 unspecified atom stereocenters. The fraction of sp³-hybridized carbons (Fsp3) is 0.615. The number of para-hydroxylation sites is 2. The van der Waals surface area contributed by atoms with Gasteiger partial charge in [-0.15, -0.1) is 0 Å². The van der Waals surface area contributed by atoms with Gasteiger partial charge in [-0.3, -0.25) is 14.4 Å². The SMILES string of the molecule is CCO[Si](CCCOC(=O)C(C)(CC(CC(C)C(=O)OCCO)n1c2ccccc2c2ccccc21)CC(C)(CC)C(=O)OC)(OCC)OCC. The van der Waals surface area contributed by atoms with Crippen LogP contribution in [-0.4, -0.2) is 83.1 Å². The lowest BCUT2D eigenvalue weighted by atomic mass is 9.68. The summed E-state index contributed by atoms with van der Waals surface area (Å²) < 4.78 is 36.9. The van der Waals surface area contributed by atoms with Crippen LogP contribution in [0.5, 0.6) is 0 Å². The van der Waals surface area contributed by atoms with E-state index in [2.05, 4.69) is 16.7 Å². The Morgan fingerprint density at radius 1 is 0.804 bits per heavy atom. The summed E-state index contributed by atoms with van der Waals surface area (Å²) in [4.78, 5) is 40.8. The Morgan fingerprint density at radius 3 is 1.84 bits per heavy atom. The summed E-state index contributed by atoms with van der Waals surface area (Å²) >= 11 is 0. The Labute approximate surface area is 304 Å². The van der Waals surface area contributed by atoms with Crippen LogP contribution in [0.15, 0.2) is 48.5 Å². The lowest BCUT2D eigenvalue weighted by molar-refractivity contribution is -0.163. The third kappa shape index (κ3) is 10.4. The number of aliphatic hydroxyl groups excluding tert-OH is 1. The molecule has 0 radical (unpaired) electrons. The number of aliphatic hydroxyl groups is 1. The van der Waals surface area contributed by atoms with Crippen LogP contribution in [0.25, 0.3) is 21.8 Å². The van der Waals surface area contributed by atoms with Gasteiger partial charge in [0.2, 0.25) is 0 Å². The molecule has 0 saturated heterocycles. The molecule has 4 atom stereocenters. The van der Waals surface area contributed by atoms with Crippen molar-refractivity contribution in [1.82, 2.24) is 4.57 Å². The highest BCUT2D eigenvalue weighted by atomic mass is 28.4. The summed E-state index contributed by atoms with van der Waals surface area (Å²) in [5.74, 6) is -1.84. The van der Waals surface area contributed by atoms with Crippen LogP contribution in [0.2, 0.25) is 6.04 Å². The maximum atomic E-state index is 14.5. The van der Waals surface area contributed by atoms with Crippen molar-refractivity contribution in [1.29, 1.82) is 0 Å². The molecule has 284 valence electrons. The summed E-state index contributed by atoms with van der Waals surface area (Å²) in [6.45, 7) is 14.2. The first kappa shape index (κ1) is 42.1. The molecule has 0 spiro atoms. The van der Waals surface area contributed by atoms with Crippen molar-refractivity contribution >= 4 is 48.5 Å². The first-order chi connectivity index (χ1) is 24.4. The van der Waals surface area contributed by atoms with Gasteiger partial charge in [-0.25, -0.2) is 0 Å². The molecule has 0 saturated carbocycles. The van der Waals surface area contributed by atoms with Gasteiger partial charge in [0.05, 0.1) is 37.1 Å². The molecular formula is C39H59NO10Si. The number of fused-ring (bicyclic) bond motifs is 3. The Kier molecular flexibility index (Phi) is 16.1. The average Bonchev–Trinajstić information content (AvgIpc) is 3.46. The van der Waals surface area contributed by atoms with Gasteiger partial charge in [0.15, 0.2) is 0 Å². The Hall–Kier alpha value is -3.29. The highest BCUT2D eigenvalue weighted by molar-refractivity contribution is 6.60. The Balaban J connectivity index is 2.08. The number of nitrogens with zero attached hydrogens (tertiary/aromatic N) is 1. The monoisotopic (exact) mass is 729 g/mol. The number of carbonyl (C=O) groups is 3. The smallest absolute Gasteiger partial charge is 0.469 e. The standard InChI is InChI=1S/C39H59NO10Si/c1-9-38(6,36(43)45-8)28-39(7,37(44)47-23-17-25-51(48-10-2,49-11-3)50-12-4)27-30(26-29(5)35(42)46-24-22-41)40-33-20-15-13-18-31(33)32-19-14-16-21-34(32)40/h13-16,18-21,29-30,41H,9-12,17,22-28H2,1-8H3. The number of hydrogen-bond donors (Lipinski definition) is 1. The van der Waals surface area contributed by atoms with E-state index in [1.54, 1.807) is 6.92 Å². The Morgan fingerprint density at radius 2 is 1.35 bits per heavy atom. The van der Waals surface area contributed by atoms with E-state index >= 15 is 0 Å². The number of ether oxygens (including phenoxy) is 3. The van der Waals surface area contributed by atoms with Crippen molar-refractivity contribution in [3.8, 4) is 0 Å². The average molecular weight is 730 g/mol. The summed E-state index contributed by atoms with van der Waals surface area (Å²) in [6.07, 6.45) is 1.67. The van der Waals surface area contributed by atoms with Crippen LogP contribution in [0.3, 0.4) is 0 Å². The maximum absolute atomic E-state index is 14.5. The van der Waals surface area contributed by atoms with Gasteiger partial charge in [0, 0.05) is 53.7 Å². The van der Waals surface area contributed by atoms with Crippen LogP contribution in [0.4, 0.5) is 0 Å². The highest BCUT2D eigenvalue weighted by Gasteiger charge is 2.47. The molecule has 0 aliphatic heterocycles. The molecule has 3 rings (SSSR count). The number of hydrogen-bond acceptors (Lipinski definition) is 10. The summed E-state index contributed by atoms with van der Waals surface area (Å²) in [5, 5.41) is 11.4. The van der Waals surface area contributed by atoms with Gasteiger partial charge in [-0.1, -0.05) is 50.2 Å². The summed E-state index contributed by atoms with van der Waals surface area (Å²) in [6, 6.07) is 16.3. The van der Waals surface area contributed by atoms with E-state index in [1.807, 2.05) is 77.9 Å².